The third-order valence-corrected chi connectivity index (χ3v) is 5.18. The average Bonchev–Trinajstić information content (AvgIpc) is 3.15. The molecule has 6 nitrogen and oxygen atoms in total. The number of amides is 1. The number of aryl methyl sites for hydroxylation is 1. The van der Waals surface area contributed by atoms with Crippen LogP contribution in [-0.2, 0) is 11.2 Å². The van der Waals surface area contributed by atoms with Gasteiger partial charge < -0.3 is 19.5 Å². The van der Waals surface area contributed by atoms with Crippen molar-refractivity contribution < 1.29 is 23.4 Å². The third kappa shape index (κ3) is 6.31. The van der Waals surface area contributed by atoms with Crippen LogP contribution in [0.3, 0.4) is 0 Å². The van der Waals surface area contributed by atoms with Gasteiger partial charge in [-0.1, -0.05) is 12.2 Å². The smallest absolute Gasteiger partial charge is 0.255 e. The Morgan fingerprint density at radius 2 is 2.10 bits per heavy atom. The zero-order valence-corrected chi connectivity index (χ0v) is 18.0. The summed E-state index contributed by atoms with van der Waals surface area (Å²) < 4.78 is 29.2. The molecule has 0 unspecified atom stereocenters. The number of likely N-dealkylation sites (tertiary alicyclic amines) is 1. The van der Waals surface area contributed by atoms with Crippen LogP contribution in [0.1, 0.15) is 28.8 Å². The molecule has 0 aromatic heterocycles. The molecule has 7 heteroatoms. The first-order valence-corrected chi connectivity index (χ1v) is 10.2. The average molecular weight is 421 g/mol. The molecular weight excluding hydrogens is 387 g/mol. The highest BCUT2D eigenvalue weighted by atomic mass is 19.1. The second-order valence-electron chi connectivity index (χ2n) is 7.26. The van der Waals surface area contributed by atoms with E-state index in [0.29, 0.717) is 43.1 Å². The highest BCUT2D eigenvalue weighted by Crippen LogP contribution is 2.33. The number of benzene rings is 1. The number of methoxy groups -OCH3 is 2. The van der Waals surface area contributed by atoms with E-state index in [4.69, 9.17) is 14.2 Å². The molecule has 0 spiro atoms. The molecule has 2 atom stereocenters. The summed E-state index contributed by atoms with van der Waals surface area (Å²) in [6.07, 6.45) is 5.42. The zero-order chi connectivity index (χ0) is 21.9. The largest absolute Gasteiger partial charge is 0.493 e. The van der Waals surface area contributed by atoms with Crippen molar-refractivity contribution in [1.29, 1.82) is 0 Å². The maximum Gasteiger partial charge on any atom is 0.255 e. The van der Waals surface area contributed by atoms with Crippen molar-refractivity contribution in [3.8, 4) is 11.5 Å². The fraction of sp³-hybridized carbons (Fsp3) is 0.522. The van der Waals surface area contributed by atoms with Crippen LogP contribution in [0.15, 0.2) is 37.4 Å². The number of nitrogens with zero attached hydrogens (tertiary/aromatic N) is 1. The molecule has 1 N–H and O–H groups in total. The molecule has 1 aromatic carbocycles. The summed E-state index contributed by atoms with van der Waals surface area (Å²) >= 11 is 0. The lowest BCUT2D eigenvalue weighted by Gasteiger charge is -2.23. The van der Waals surface area contributed by atoms with Crippen LogP contribution >= 0.6 is 0 Å². The fourth-order valence-electron chi connectivity index (χ4n) is 3.78. The van der Waals surface area contributed by atoms with Crippen LogP contribution in [0.25, 0.3) is 0 Å². The van der Waals surface area contributed by atoms with Gasteiger partial charge in [-0.15, -0.1) is 13.2 Å². The quantitative estimate of drug-likeness (QED) is 0.497. The lowest BCUT2D eigenvalue weighted by atomic mass is 10.0. The van der Waals surface area contributed by atoms with Gasteiger partial charge >= 0.3 is 0 Å². The number of carbonyl (C=O) groups excluding carboxylic acids is 1. The molecule has 1 aliphatic heterocycles. The van der Waals surface area contributed by atoms with Crippen molar-refractivity contribution in [1.82, 2.24) is 10.2 Å². The summed E-state index contributed by atoms with van der Waals surface area (Å²) in [5.41, 5.74) is 1.22. The molecule has 0 radical (unpaired) electrons. The van der Waals surface area contributed by atoms with Gasteiger partial charge in [0.05, 0.1) is 39.2 Å². The number of ether oxygens (including phenoxy) is 3. The van der Waals surface area contributed by atoms with Crippen LogP contribution in [0.5, 0.6) is 11.5 Å². The molecule has 0 saturated carbocycles. The van der Waals surface area contributed by atoms with Crippen LogP contribution in [-0.4, -0.2) is 70.1 Å². The van der Waals surface area contributed by atoms with Crippen molar-refractivity contribution in [3.63, 3.8) is 0 Å². The minimum atomic E-state index is -0.411. The van der Waals surface area contributed by atoms with Crippen molar-refractivity contribution in [3.05, 3.63) is 48.6 Å². The van der Waals surface area contributed by atoms with E-state index in [1.54, 1.807) is 18.2 Å². The number of rotatable bonds is 13. The van der Waals surface area contributed by atoms with E-state index in [2.05, 4.69) is 23.4 Å². The van der Waals surface area contributed by atoms with Crippen LogP contribution in [0.4, 0.5) is 4.39 Å². The molecule has 166 valence electrons. The highest BCUT2D eigenvalue weighted by molar-refractivity contribution is 5.98. The molecule has 1 fully saturated rings. The maximum atomic E-state index is 13.0. The Balaban J connectivity index is 2.11. The predicted octanol–water partition coefficient (Wildman–Crippen LogP) is 3.17. The minimum absolute atomic E-state index is 0.100. The molecule has 1 saturated heterocycles. The summed E-state index contributed by atoms with van der Waals surface area (Å²) in [6.45, 7) is 9.60. The van der Waals surface area contributed by atoms with Crippen LogP contribution in [0, 0.1) is 0 Å². The highest BCUT2D eigenvalue weighted by Gasteiger charge is 2.32. The fourth-order valence-corrected chi connectivity index (χ4v) is 3.78. The Morgan fingerprint density at radius 3 is 2.73 bits per heavy atom. The second kappa shape index (κ2) is 12.3. The predicted molar refractivity (Wildman–Crippen MR) is 116 cm³/mol. The standard InChI is InChI=1S/C23H33FN2O4/c1-5-10-26-16-19(30-11-6-2)14-18(26)15-25-23(27)20-12-17(8-7-9-24)13-21(28-3)22(20)29-4/h5-6,12-13,18-19H,1-2,7-11,14-16H2,3-4H3,(H,25,27)/t18-,19+/m0/s1. The Kier molecular flexibility index (Phi) is 9.83. The van der Waals surface area contributed by atoms with Gasteiger partial charge in [-0.2, -0.15) is 0 Å². The van der Waals surface area contributed by atoms with Crippen LogP contribution in [0.2, 0.25) is 0 Å². The first-order chi connectivity index (χ1) is 14.6. The Hall–Kier alpha value is -2.38. The molecular formula is C23H33FN2O4. The molecule has 0 aliphatic carbocycles. The Labute approximate surface area is 178 Å². The Bertz CT molecular complexity index is 725. The molecule has 1 aliphatic rings. The normalized spacial score (nSPS) is 18.8. The maximum absolute atomic E-state index is 13.0. The third-order valence-electron chi connectivity index (χ3n) is 5.18. The van der Waals surface area contributed by atoms with E-state index in [1.165, 1.54) is 14.2 Å². The number of alkyl halides is 1. The molecule has 1 heterocycles. The van der Waals surface area contributed by atoms with Gasteiger partial charge in [-0.25, -0.2) is 0 Å². The first-order valence-electron chi connectivity index (χ1n) is 10.2. The lowest BCUT2D eigenvalue weighted by molar-refractivity contribution is 0.0812. The monoisotopic (exact) mass is 420 g/mol. The minimum Gasteiger partial charge on any atom is -0.493 e. The number of hydrogen-bond acceptors (Lipinski definition) is 5. The van der Waals surface area contributed by atoms with Crippen LogP contribution < -0.4 is 14.8 Å². The van der Waals surface area contributed by atoms with E-state index in [9.17, 15) is 9.18 Å². The molecule has 1 aromatic rings. The molecule has 30 heavy (non-hydrogen) atoms. The number of carbonyl (C=O) groups is 1. The van der Waals surface area contributed by atoms with E-state index < -0.39 is 6.67 Å². The SMILES string of the molecule is C=CCO[C@@H]1C[C@@H](CNC(=O)c2cc(CCCF)cc(OC)c2OC)N(CC=C)C1. The van der Waals surface area contributed by atoms with Gasteiger partial charge in [-0.3, -0.25) is 14.1 Å². The summed E-state index contributed by atoms with van der Waals surface area (Å²) in [5.74, 6) is 0.591. The first kappa shape index (κ1) is 23.9. The number of halogens is 1. The second-order valence-corrected chi connectivity index (χ2v) is 7.26. The van der Waals surface area contributed by atoms with Crippen molar-refractivity contribution >= 4 is 5.91 Å². The zero-order valence-electron chi connectivity index (χ0n) is 18.0. The van der Waals surface area contributed by atoms with Gasteiger partial charge in [0.25, 0.3) is 5.91 Å². The molecule has 1 amide bonds. The van der Waals surface area contributed by atoms with Crippen molar-refractivity contribution in [2.45, 2.75) is 31.4 Å². The van der Waals surface area contributed by atoms with Gasteiger partial charge in [0, 0.05) is 25.7 Å². The Morgan fingerprint density at radius 1 is 1.30 bits per heavy atom. The van der Waals surface area contributed by atoms with Gasteiger partial charge in [0.1, 0.15) is 0 Å². The molecule has 0 bridgehead atoms. The topological polar surface area (TPSA) is 60.0 Å². The molecule has 2 rings (SSSR count). The number of nitrogens with one attached hydrogen (secondary N) is 1. The van der Waals surface area contributed by atoms with Crippen molar-refractivity contribution in [2.24, 2.45) is 0 Å². The summed E-state index contributed by atoms with van der Waals surface area (Å²) in [5, 5.41) is 3.02. The van der Waals surface area contributed by atoms with Gasteiger partial charge in [-0.05, 0) is 37.0 Å². The van der Waals surface area contributed by atoms with Crippen molar-refractivity contribution in [2.75, 3.05) is 47.1 Å². The van der Waals surface area contributed by atoms with E-state index >= 15 is 0 Å². The van der Waals surface area contributed by atoms with Gasteiger partial charge in [0.15, 0.2) is 11.5 Å². The lowest BCUT2D eigenvalue weighted by Crippen LogP contribution is -2.40. The summed E-state index contributed by atoms with van der Waals surface area (Å²) in [4.78, 5) is 15.2. The number of hydrogen-bond donors (Lipinski definition) is 1. The van der Waals surface area contributed by atoms with E-state index in [0.717, 1.165) is 25.1 Å². The van der Waals surface area contributed by atoms with E-state index in [-0.39, 0.29) is 18.1 Å². The van der Waals surface area contributed by atoms with E-state index in [1.807, 2.05) is 6.08 Å². The summed E-state index contributed by atoms with van der Waals surface area (Å²) in [6, 6.07) is 3.68. The van der Waals surface area contributed by atoms with Gasteiger partial charge in [0.2, 0.25) is 0 Å². The summed E-state index contributed by atoms with van der Waals surface area (Å²) in [7, 11) is 3.02.